The van der Waals surface area contributed by atoms with Crippen molar-refractivity contribution >= 4 is 12.0 Å². The first-order valence-electron chi connectivity index (χ1n) is 17.3. The molecule has 312 valence electrons. The van der Waals surface area contributed by atoms with Gasteiger partial charge in [-0.15, -0.1) is 0 Å². The second-order valence-electron chi connectivity index (χ2n) is 13.4. The Morgan fingerprint density at radius 2 is 1.30 bits per heavy atom. The molecule has 13 N–H and O–H groups in total. The zero-order chi connectivity index (χ0) is 41.0. The molecule has 3 saturated heterocycles. The Kier molecular flexibility index (Phi) is 14.5. The molecule has 0 saturated carbocycles. The maximum absolute atomic E-state index is 13.3. The fourth-order valence-corrected chi connectivity index (χ4v) is 6.15. The molecule has 0 radical (unpaired) electrons. The van der Waals surface area contributed by atoms with E-state index >= 15 is 0 Å². The third-order valence-corrected chi connectivity index (χ3v) is 9.45. The molecule has 0 unspecified atom stereocenters. The molecule has 21 nitrogen and oxygen atoms in total. The van der Waals surface area contributed by atoms with E-state index in [9.17, 15) is 71.2 Å². The average Bonchev–Trinajstić information content (AvgIpc) is 3.17. The van der Waals surface area contributed by atoms with Gasteiger partial charge in [0, 0.05) is 6.08 Å². The van der Waals surface area contributed by atoms with Crippen LogP contribution in [0.15, 0.2) is 42.5 Å². The van der Waals surface area contributed by atoms with Gasteiger partial charge in [0.1, 0.15) is 67.1 Å². The summed E-state index contributed by atoms with van der Waals surface area (Å²) in [5, 5.41) is 134. The number of esters is 1. The molecule has 0 amide bonds. The standard InChI is InChI=1S/C35H46O21/c1-13-24(43)26(45)29(48)35(52-13)56-32-30(49)34(50-11-20(41)15-4-6-17(38)19(40)9-15)54-22(12-51-33-28(47)27(46)25(44)21(10-36)53-33)31(32)55-23(42)7-3-14-2-5-16(37)18(39)8-14/h2-9,13,20-22,24-41,43-49H,10-12H2,1H3/b7-3+/t13-,20+,21+,22+,24-,25+,26+,27-,28+,29+,30+,31+,32+,33+,34+,35-/m0/s1. The molecule has 2 aromatic rings. The molecule has 3 aliphatic heterocycles. The Morgan fingerprint density at radius 3 is 1.96 bits per heavy atom. The summed E-state index contributed by atoms with van der Waals surface area (Å²) in [5.74, 6) is -3.06. The SMILES string of the molecule is C[C@@H]1O[C@@H](O[C@@H]2[C@@H](O)[C@H](OC[C@@H](O)c3ccc(O)c(O)c3)O[C@H](CO[C@@H]3O[C@H](CO)[C@@H](O)[C@H](O)[C@H]3O)[C@H]2OC(=O)/C=C/c2ccc(O)c(O)c2)[C@H](O)[C@H](O)[C@H]1O. The van der Waals surface area contributed by atoms with Crippen LogP contribution in [0.4, 0.5) is 0 Å². The molecule has 5 rings (SSSR count). The zero-order valence-electron chi connectivity index (χ0n) is 29.6. The van der Waals surface area contributed by atoms with E-state index in [1.807, 2.05) is 0 Å². The Balaban J connectivity index is 1.45. The van der Waals surface area contributed by atoms with Gasteiger partial charge in [0.05, 0.1) is 25.9 Å². The van der Waals surface area contributed by atoms with Crippen LogP contribution in [0.25, 0.3) is 6.08 Å². The fraction of sp³-hybridized carbons (Fsp3) is 0.571. The minimum Gasteiger partial charge on any atom is -0.504 e. The van der Waals surface area contributed by atoms with Crippen LogP contribution in [-0.4, -0.2) is 184 Å². The van der Waals surface area contributed by atoms with E-state index in [4.69, 9.17) is 33.2 Å². The number of hydrogen-bond donors (Lipinski definition) is 13. The van der Waals surface area contributed by atoms with Gasteiger partial charge in [-0.05, 0) is 48.4 Å². The highest BCUT2D eigenvalue weighted by molar-refractivity contribution is 5.87. The minimum atomic E-state index is -1.98. The Morgan fingerprint density at radius 1 is 0.696 bits per heavy atom. The topological polar surface area (TPSA) is 345 Å². The van der Waals surface area contributed by atoms with Crippen molar-refractivity contribution in [2.45, 2.75) is 105 Å². The van der Waals surface area contributed by atoms with E-state index in [-0.39, 0.29) is 11.1 Å². The lowest BCUT2D eigenvalue weighted by atomic mass is 9.96. The van der Waals surface area contributed by atoms with Crippen molar-refractivity contribution in [2.75, 3.05) is 19.8 Å². The summed E-state index contributed by atoms with van der Waals surface area (Å²) in [4.78, 5) is 13.3. The second-order valence-corrected chi connectivity index (χ2v) is 13.4. The number of rotatable bonds is 13. The van der Waals surface area contributed by atoms with Crippen LogP contribution in [-0.2, 0) is 38.0 Å². The predicted molar refractivity (Wildman–Crippen MR) is 181 cm³/mol. The summed E-state index contributed by atoms with van der Waals surface area (Å²) in [6.07, 6.45) is -25.2. The molecule has 3 fully saturated rings. The van der Waals surface area contributed by atoms with Crippen LogP contribution in [0.2, 0.25) is 0 Å². The van der Waals surface area contributed by atoms with Gasteiger partial charge in [0.25, 0.3) is 0 Å². The van der Waals surface area contributed by atoms with Crippen molar-refractivity contribution in [3.05, 3.63) is 53.6 Å². The van der Waals surface area contributed by atoms with E-state index in [0.717, 1.165) is 30.3 Å². The smallest absolute Gasteiger partial charge is 0.331 e. The maximum Gasteiger partial charge on any atom is 0.331 e. The van der Waals surface area contributed by atoms with Crippen molar-refractivity contribution in [3.63, 3.8) is 0 Å². The summed E-state index contributed by atoms with van der Waals surface area (Å²) in [6.45, 7) is -0.831. The van der Waals surface area contributed by atoms with Gasteiger partial charge in [0.15, 0.2) is 48.0 Å². The number of phenols is 4. The maximum atomic E-state index is 13.3. The van der Waals surface area contributed by atoms with Crippen molar-refractivity contribution in [1.29, 1.82) is 0 Å². The molecule has 0 aliphatic carbocycles. The molecule has 0 aromatic heterocycles. The quantitative estimate of drug-likeness (QED) is 0.0526. The Labute approximate surface area is 317 Å². The van der Waals surface area contributed by atoms with Crippen LogP contribution < -0.4 is 0 Å². The third-order valence-electron chi connectivity index (χ3n) is 9.45. The highest BCUT2D eigenvalue weighted by atomic mass is 16.8. The van der Waals surface area contributed by atoms with Gasteiger partial charge in [0.2, 0.25) is 0 Å². The first-order chi connectivity index (χ1) is 26.5. The summed E-state index contributed by atoms with van der Waals surface area (Å²) in [6, 6.07) is 7.08. The van der Waals surface area contributed by atoms with Gasteiger partial charge in [-0.1, -0.05) is 12.1 Å². The molecule has 2 aromatic carbocycles. The van der Waals surface area contributed by atoms with Crippen LogP contribution >= 0.6 is 0 Å². The number of aliphatic hydroxyl groups is 9. The first-order valence-corrected chi connectivity index (χ1v) is 17.3. The number of carbonyl (C=O) groups excluding carboxylic acids is 1. The summed E-state index contributed by atoms with van der Waals surface area (Å²) in [7, 11) is 0. The van der Waals surface area contributed by atoms with Gasteiger partial charge in [-0.2, -0.15) is 0 Å². The lowest BCUT2D eigenvalue weighted by molar-refractivity contribution is -0.365. The van der Waals surface area contributed by atoms with Crippen LogP contribution in [0, 0.1) is 0 Å². The van der Waals surface area contributed by atoms with E-state index in [1.165, 1.54) is 25.1 Å². The van der Waals surface area contributed by atoms with Crippen LogP contribution in [0.1, 0.15) is 24.2 Å². The second kappa shape index (κ2) is 18.7. The fourth-order valence-electron chi connectivity index (χ4n) is 6.15. The first kappa shape index (κ1) is 43.4. The molecule has 16 atom stereocenters. The molecule has 0 bridgehead atoms. The third kappa shape index (κ3) is 9.85. The van der Waals surface area contributed by atoms with Crippen molar-refractivity contribution < 1.29 is 104 Å². The number of carbonyl (C=O) groups is 1. The predicted octanol–water partition coefficient (Wildman–Crippen LogP) is -3.70. The number of ether oxygens (including phenoxy) is 7. The number of aromatic hydroxyl groups is 4. The molecule has 0 spiro atoms. The van der Waals surface area contributed by atoms with E-state index in [2.05, 4.69) is 0 Å². The largest absolute Gasteiger partial charge is 0.504 e. The van der Waals surface area contributed by atoms with Crippen molar-refractivity contribution in [2.24, 2.45) is 0 Å². The lowest BCUT2D eigenvalue weighted by Crippen LogP contribution is -2.65. The van der Waals surface area contributed by atoms with Crippen LogP contribution in [0.3, 0.4) is 0 Å². The van der Waals surface area contributed by atoms with Crippen molar-refractivity contribution in [3.8, 4) is 23.0 Å². The molecule has 56 heavy (non-hydrogen) atoms. The Bertz CT molecular complexity index is 1640. The molecular weight excluding hydrogens is 756 g/mol. The highest BCUT2D eigenvalue weighted by Crippen LogP contribution is 2.34. The Hall–Kier alpha value is -3.75. The van der Waals surface area contributed by atoms with Gasteiger partial charge in [-0.3, -0.25) is 0 Å². The van der Waals surface area contributed by atoms with Gasteiger partial charge in [-0.25, -0.2) is 4.79 Å². The van der Waals surface area contributed by atoms with E-state index < -0.39 is 147 Å². The van der Waals surface area contributed by atoms with Gasteiger partial charge >= 0.3 is 5.97 Å². The number of hydrogen-bond acceptors (Lipinski definition) is 21. The summed E-state index contributed by atoms with van der Waals surface area (Å²) >= 11 is 0. The normalized spacial score (nSPS) is 37.0. The van der Waals surface area contributed by atoms with E-state index in [1.54, 1.807) is 0 Å². The molecule has 3 aliphatic rings. The number of aliphatic hydroxyl groups excluding tert-OH is 9. The number of phenolic OH excluding ortho intramolecular Hbond substituents is 4. The summed E-state index contributed by atoms with van der Waals surface area (Å²) in [5.41, 5.74) is 0.309. The lowest BCUT2D eigenvalue weighted by Gasteiger charge is -2.47. The zero-order valence-corrected chi connectivity index (χ0v) is 29.6. The van der Waals surface area contributed by atoms with Crippen LogP contribution in [0.5, 0.6) is 23.0 Å². The number of benzene rings is 2. The highest BCUT2D eigenvalue weighted by Gasteiger charge is 2.53. The monoisotopic (exact) mass is 802 g/mol. The summed E-state index contributed by atoms with van der Waals surface area (Å²) < 4.78 is 39.9. The average molecular weight is 803 g/mol. The molecule has 21 heteroatoms. The van der Waals surface area contributed by atoms with E-state index in [0.29, 0.717) is 0 Å². The minimum absolute atomic E-state index is 0.0710. The molecular formula is C35H46O21. The van der Waals surface area contributed by atoms with Gasteiger partial charge < -0.3 is 99.5 Å². The molecule has 3 heterocycles. The van der Waals surface area contributed by atoms with Crippen molar-refractivity contribution in [1.82, 2.24) is 0 Å².